The number of fused-ring (bicyclic) bond motifs is 1. The van der Waals surface area contributed by atoms with E-state index >= 15 is 0 Å². The van der Waals surface area contributed by atoms with Crippen molar-refractivity contribution in [3.05, 3.63) is 29.6 Å². The number of ether oxygens (including phenoxy) is 1. The number of thiophene rings is 1. The molecule has 0 bridgehead atoms. The standard InChI is InChI=1S/C10H8O2S/c1-7(11)12-9-6-13-10-5-3-2-4-8(9)10/h2-6H,1H3. The second-order valence-corrected chi connectivity index (χ2v) is 3.60. The molecule has 2 rings (SSSR count). The van der Waals surface area contributed by atoms with Crippen molar-refractivity contribution >= 4 is 27.4 Å². The fourth-order valence-corrected chi connectivity index (χ4v) is 2.05. The van der Waals surface area contributed by atoms with Gasteiger partial charge in [-0.15, -0.1) is 11.3 Å². The van der Waals surface area contributed by atoms with E-state index in [9.17, 15) is 4.79 Å². The molecule has 0 amide bonds. The summed E-state index contributed by atoms with van der Waals surface area (Å²) in [5.41, 5.74) is 0. The maximum Gasteiger partial charge on any atom is 0.308 e. The van der Waals surface area contributed by atoms with Gasteiger partial charge in [-0.1, -0.05) is 12.1 Å². The topological polar surface area (TPSA) is 26.3 Å². The zero-order valence-electron chi connectivity index (χ0n) is 7.11. The van der Waals surface area contributed by atoms with Crippen molar-refractivity contribution < 1.29 is 9.53 Å². The Bertz CT molecular complexity index is 445. The van der Waals surface area contributed by atoms with E-state index < -0.39 is 0 Å². The summed E-state index contributed by atoms with van der Waals surface area (Å²) in [7, 11) is 0. The van der Waals surface area contributed by atoms with Crippen LogP contribution in [0.1, 0.15) is 6.92 Å². The SMILES string of the molecule is CC(=O)Oc1csc2ccccc12. The highest BCUT2D eigenvalue weighted by Crippen LogP contribution is 2.31. The summed E-state index contributed by atoms with van der Waals surface area (Å²) in [5, 5.41) is 2.86. The molecule has 0 aliphatic carbocycles. The zero-order chi connectivity index (χ0) is 9.26. The quantitative estimate of drug-likeness (QED) is 0.649. The minimum Gasteiger partial charge on any atom is -0.425 e. The molecular weight excluding hydrogens is 184 g/mol. The van der Waals surface area contributed by atoms with Gasteiger partial charge >= 0.3 is 5.97 Å². The van der Waals surface area contributed by atoms with Crippen molar-refractivity contribution in [2.24, 2.45) is 0 Å². The summed E-state index contributed by atoms with van der Waals surface area (Å²) in [4.78, 5) is 10.7. The van der Waals surface area contributed by atoms with E-state index in [0.717, 1.165) is 10.1 Å². The van der Waals surface area contributed by atoms with Gasteiger partial charge in [-0.05, 0) is 12.1 Å². The molecule has 1 aromatic carbocycles. The van der Waals surface area contributed by atoms with Crippen molar-refractivity contribution in [1.29, 1.82) is 0 Å². The summed E-state index contributed by atoms with van der Waals surface area (Å²) >= 11 is 1.58. The molecule has 0 aliphatic rings. The Labute approximate surface area is 79.8 Å². The highest BCUT2D eigenvalue weighted by atomic mass is 32.1. The van der Waals surface area contributed by atoms with Crippen molar-refractivity contribution in [3.8, 4) is 5.75 Å². The van der Waals surface area contributed by atoms with Gasteiger partial charge in [0.05, 0.1) is 0 Å². The molecule has 1 heterocycles. The molecule has 0 saturated carbocycles. The van der Waals surface area contributed by atoms with E-state index in [-0.39, 0.29) is 5.97 Å². The van der Waals surface area contributed by atoms with Gasteiger partial charge in [0.15, 0.2) is 0 Å². The fourth-order valence-electron chi connectivity index (χ4n) is 1.19. The molecule has 0 radical (unpaired) electrons. The largest absolute Gasteiger partial charge is 0.425 e. The Kier molecular flexibility index (Phi) is 2.02. The average molecular weight is 192 g/mol. The van der Waals surface area contributed by atoms with Gasteiger partial charge in [-0.2, -0.15) is 0 Å². The number of carbonyl (C=O) groups excluding carboxylic acids is 1. The molecule has 0 fully saturated rings. The molecule has 3 heteroatoms. The Hall–Kier alpha value is -1.35. The molecule has 0 atom stereocenters. The number of rotatable bonds is 1. The third kappa shape index (κ3) is 1.55. The van der Waals surface area contributed by atoms with E-state index in [2.05, 4.69) is 0 Å². The Balaban J connectivity index is 2.51. The summed E-state index contributed by atoms with van der Waals surface area (Å²) in [5.74, 6) is 0.386. The minimum atomic E-state index is -0.274. The fraction of sp³-hybridized carbons (Fsp3) is 0.100. The molecule has 2 aromatic rings. The lowest BCUT2D eigenvalue weighted by Gasteiger charge is -1.97. The van der Waals surface area contributed by atoms with Gasteiger partial charge in [-0.25, -0.2) is 0 Å². The number of hydrogen-bond acceptors (Lipinski definition) is 3. The van der Waals surface area contributed by atoms with E-state index in [0.29, 0.717) is 5.75 Å². The van der Waals surface area contributed by atoms with Crippen LogP contribution in [-0.4, -0.2) is 5.97 Å². The van der Waals surface area contributed by atoms with Crippen LogP contribution in [0, 0.1) is 0 Å². The van der Waals surface area contributed by atoms with Gasteiger partial charge in [-0.3, -0.25) is 4.79 Å². The minimum absolute atomic E-state index is 0.274. The molecule has 2 nitrogen and oxygen atoms in total. The zero-order valence-corrected chi connectivity index (χ0v) is 7.93. The first kappa shape index (κ1) is 8.26. The molecular formula is C10H8O2S. The smallest absolute Gasteiger partial charge is 0.308 e. The summed E-state index contributed by atoms with van der Waals surface area (Å²) in [6.07, 6.45) is 0. The molecule has 0 spiro atoms. The van der Waals surface area contributed by atoms with E-state index in [1.165, 1.54) is 6.92 Å². The van der Waals surface area contributed by atoms with Crippen LogP contribution >= 0.6 is 11.3 Å². The summed E-state index contributed by atoms with van der Waals surface area (Å²) in [6.45, 7) is 1.41. The molecule has 0 saturated heterocycles. The first-order valence-corrected chi connectivity index (χ1v) is 4.80. The number of hydrogen-bond donors (Lipinski definition) is 0. The molecule has 0 unspecified atom stereocenters. The highest BCUT2D eigenvalue weighted by Gasteiger charge is 2.05. The lowest BCUT2D eigenvalue weighted by Crippen LogP contribution is -2.00. The molecule has 13 heavy (non-hydrogen) atoms. The predicted molar refractivity (Wildman–Crippen MR) is 53.1 cm³/mol. The van der Waals surface area contributed by atoms with Crippen molar-refractivity contribution in [2.75, 3.05) is 0 Å². The van der Waals surface area contributed by atoms with Crippen LogP contribution in [0.5, 0.6) is 5.75 Å². The van der Waals surface area contributed by atoms with Crippen LogP contribution in [0.4, 0.5) is 0 Å². The number of carbonyl (C=O) groups is 1. The summed E-state index contributed by atoms with van der Waals surface area (Å²) < 4.78 is 6.18. The van der Waals surface area contributed by atoms with E-state index in [1.54, 1.807) is 11.3 Å². The van der Waals surface area contributed by atoms with Crippen molar-refractivity contribution in [3.63, 3.8) is 0 Å². The van der Waals surface area contributed by atoms with E-state index in [4.69, 9.17) is 4.74 Å². The maximum atomic E-state index is 10.7. The highest BCUT2D eigenvalue weighted by molar-refractivity contribution is 7.17. The first-order chi connectivity index (χ1) is 6.27. The van der Waals surface area contributed by atoms with Gasteiger partial charge in [0.1, 0.15) is 5.75 Å². The third-order valence-electron chi connectivity index (χ3n) is 1.70. The normalized spacial score (nSPS) is 10.2. The Morgan fingerprint density at radius 3 is 2.92 bits per heavy atom. The van der Waals surface area contributed by atoms with E-state index in [1.807, 2.05) is 29.6 Å². The lowest BCUT2D eigenvalue weighted by molar-refractivity contribution is -0.131. The molecule has 0 N–H and O–H groups in total. The summed E-state index contributed by atoms with van der Waals surface area (Å²) in [6, 6.07) is 7.86. The lowest BCUT2D eigenvalue weighted by atomic mass is 10.2. The number of esters is 1. The maximum absolute atomic E-state index is 10.7. The Morgan fingerprint density at radius 1 is 1.38 bits per heavy atom. The van der Waals surface area contributed by atoms with Gasteiger partial charge in [0.2, 0.25) is 0 Å². The van der Waals surface area contributed by atoms with Crippen LogP contribution < -0.4 is 4.74 Å². The van der Waals surface area contributed by atoms with Gasteiger partial charge in [0.25, 0.3) is 0 Å². The van der Waals surface area contributed by atoms with Gasteiger partial charge < -0.3 is 4.74 Å². The second kappa shape index (κ2) is 3.18. The van der Waals surface area contributed by atoms with Crippen molar-refractivity contribution in [1.82, 2.24) is 0 Å². The molecule has 1 aromatic heterocycles. The van der Waals surface area contributed by atoms with Crippen LogP contribution in [-0.2, 0) is 4.79 Å². The van der Waals surface area contributed by atoms with Gasteiger partial charge in [0, 0.05) is 22.4 Å². The second-order valence-electron chi connectivity index (χ2n) is 2.69. The first-order valence-electron chi connectivity index (χ1n) is 3.92. The van der Waals surface area contributed by atoms with Crippen LogP contribution in [0.2, 0.25) is 0 Å². The Morgan fingerprint density at radius 2 is 2.15 bits per heavy atom. The monoisotopic (exact) mass is 192 g/mol. The van der Waals surface area contributed by atoms with Crippen LogP contribution in [0.3, 0.4) is 0 Å². The average Bonchev–Trinajstić information content (AvgIpc) is 2.48. The number of benzene rings is 1. The van der Waals surface area contributed by atoms with Crippen molar-refractivity contribution in [2.45, 2.75) is 6.92 Å². The van der Waals surface area contributed by atoms with Crippen LogP contribution in [0.25, 0.3) is 10.1 Å². The predicted octanol–water partition coefficient (Wildman–Crippen LogP) is 2.83. The van der Waals surface area contributed by atoms with Crippen LogP contribution in [0.15, 0.2) is 29.6 Å². The molecule has 0 aliphatic heterocycles. The molecule has 66 valence electrons. The third-order valence-corrected chi connectivity index (χ3v) is 2.64.